The number of hydrogen-bond acceptors (Lipinski definition) is 3. The smallest absolute Gasteiger partial charge is 0.162 e. The second-order valence-electron chi connectivity index (χ2n) is 4.92. The first-order valence-electron chi connectivity index (χ1n) is 6.63. The fourth-order valence-electron chi connectivity index (χ4n) is 2.61. The van der Waals surface area contributed by atoms with Crippen LogP contribution in [0, 0.1) is 5.92 Å². The number of carbonyl (C=O) groups excluding carboxylic acids is 1. The van der Waals surface area contributed by atoms with Crippen molar-refractivity contribution in [2.24, 2.45) is 5.92 Å². The summed E-state index contributed by atoms with van der Waals surface area (Å²) in [6.07, 6.45) is 8.67. The highest BCUT2D eigenvalue weighted by Gasteiger charge is 2.27. The Kier molecular flexibility index (Phi) is 3.36. The summed E-state index contributed by atoms with van der Waals surface area (Å²) in [6.45, 7) is 0. The summed E-state index contributed by atoms with van der Waals surface area (Å²) in [4.78, 5) is 12.4. The van der Waals surface area contributed by atoms with Crippen molar-refractivity contribution in [2.45, 2.75) is 25.7 Å². The maximum absolute atomic E-state index is 12.4. The van der Waals surface area contributed by atoms with Crippen LogP contribution in [0.2, 0.25) is 0 Å². The third-order valence-electron chi connectivity index (χ3n) is 3.57. The molecule has 1 aliphatic rings. The first-order valence-corrected chi connectivity index (χ1v) is 6.63. The molecule has 2 aromatic rings. The Morgan fingerprint density at radius 1 is 1.21 bits per heavy atom. The maximum atomic E-state index is 12.4. The largest absolute Gasteiger partial charge is 0.469 e. The first-order chi connectivity index (χ1) is 9.33. The molecule has 3 heteroatoms. The SMILES string of the molecule is O=C1C(=Cc2ccco2)CCCC1Cc1ccco1. The van der Waals surface area contributed by atoms with Crippen LogP contribution >= 0.6 is 0 Å². The van der Waals surface area contributed by atoms with Crippen molar-refractivity contribution >= 4 is 11.9 Å². The molecule has 1 aliphatic carbocycles. The molecule has 98 valence electrons. The summed E-state index contributed by atoms with van der Waals surface area (Å²) in [7, 11) is 0. The summed E-state index contributed by atoms with van der Waals surface area (Å²) in [6, 6.07) is 7.50. The number of rotatable bonds is 3. The molecular formula is C16H16O3. The highest BCUT2D eigenvalue weighted by Crippen LogP contribution is 2.29. The summed E-state index contributed by atoms with van der Waals surface area (Å²) >= 11 is 0. The van der Waals surface area contributed by atoms with Gasteiger partial charge in [-0.1, -0.05) is 0 Å². The minimum Gasteiger partial charge on any atom is -0.469 e. The molecule has 19 heavy (non-hydrogen) atoms. The van der Waals surface area contributed by atoms with E-state index in [2.05, 4.69) is 0 Å². The van der Waals surface area contributed by atoms with Crippen molar-refractivity contribution in [2.75, 3.05) is 0 Å². The average Bonchev–Trinajstić information content (AvgIpc) is 3.07. The molecular weight excluding hydrogens is 240 g/mol. The molecule has 1 saturated carbocycles. The van der Waals surface area contributed by atoms with Gasteiger partial charge in [0.2, 0.25) is 0 Å². The van der Waals surface area contributed by atoms with Gasteiger partial charge in [0.05, 0.1) is 12.5 Å². The predicted molar refractivity (Wildman–Crippen MR) is 71.4 cm³/mol. The number of Topliss-reactive ketones (excluding diaryl/α,β-unsaturated/α-hetero) is 1. The second kappa shape index (κ2) is 5.31. The van der Waals surface area contributed by atoms with Gasteiger partial charge in [0.25, 0.3) is 0 Å². The minimum atomic E-state index is 0.0427. The molecule has 3 rings (SSSR count). The summed E-state index contributed by atoms with van der Waals surface area (Å²) in [5, 5.41) is 0. The van der Waals surface area contributed by atoms with Gasteiger partial charge in [-0.3, -0.25) is 4.79 Å². The van der Waals surface area contributed by atoms with Gasteiger partial charge in [-0.25, -0.2) is 0 Å². The fraction of sp³-hybridized carbons (Fsp3) is 0.312. The quantitative estimate of drug-likeness (QED) is 0.783. The van der Waals surface area contributed by atoms with E-state index in [1.807, 2.05) is 30.3 Å². The molecule has 1 fully saturated rings. The predicted octanol–water partition coefficient (Wildman–Crippen LogP) is 3.87. The van der Waals surface area contributed by atoms with Crippen LogP contribution in [-0.2, 0) is 11.2 Å². The van der Waals surface area contributed by atoms with E-state index >= 15 is 0 Å². The van der Waals surface area contributed by atoms with Crippen LogP contribution in [0.1, 0.15) is 30.8 Å². The zero-order valence-electron chi connectivity index (χ0n) is 10.7. The molecule has 0 N–H and O–H groups in total. The number of allylic oxidation sites excluding steroid dienone is 1. The highest BCUT2D eigenvalue weighted by atomic mass is 16.3. The van der Waals surface area contributed by atoms with Crippen molar-refractivity contribution in [3.63, 3.8) is 0 Å². The van der Waals surface area contributed by atoms with Crippen LogP contribution in [0.15, 0.2) is 51.2 Å². The number of hydrogen-bond donors (Lipinski definition) is 0. The van der Waals surface area contributed by atoms with E-state index in [4.69, 9.17) is 8.83 Å². The van der Waals surface area contributed by atoms with E-state index in [-0.39, 0.29) is 11.7 Å². The van der Waals surface area contributed by atoms with Gasteiger partial charge in [0, 0.05) is 12.3 Å². The molecule has 0 amide bonds. The number of furan rings is 2. The van der Waals surface area contributed by atoms with E-state index in [1.54, 1.807) is 12.5 Å². The van der Waals surface area contributed by atoms with Crippen LogP contribution in [0.4, 0.5) is 0 Å². The molecule has 0 aromatic carbocycles. The Morgan fingerprint density at radius 2 is 2.05 bits per heavy atom. The van der Waals surface area contributed by atoms with E-state index in [9.17, 15) is 4.79 Å². The molecule has 3 nitrogen and oxygen atoms in total. The molecule has 1 unspecified atom stereocenters. The van der Waals surface area contributed by atoms with Gasteiger partial charge >= 0.3 is 0 Å². The minimum absolute atomic E-state index is 0.0427. The zero-order chi connectivity index (χ0) is 13.1. The molecule has 2 heterocycles. The van der Waals surface area contributed by atoms with Crippen molar-refractivity contribution in [1.29, 1.82) is 0 Å². The second-order valence-corrected chi connectivity index (χ2v) is 4.92. The Hall–Kier alpha value is -2.03. The average molecular weight is 256 g/mol. The van der Waals surface area contributed by atoms with Gasteiger partial charge < -0.3 is 8.83 Å². The van der Waals surface area contributed by atoms with E-state index in [0.29, 0.717) is 6.42 Å². The van der Waals surface area contributed by atoms with E-state index < -0.39 is 0 Å². The summed E-state index contributed by atoms with van der Waals surface area (Å²) in [5.74, 6) is 1.92. The van der Waals surface area contributed by atoms with Crippen LogP contribution in [0.5, 0.6) is 0 Å². The van der Waals surface area contributed by atoms with Crippen molar-refractivity contribution in [3.8, 4) is 0 Å². The lowest BCUT2D eigenvalue weighted by molar-refractivity contribution is -0.120. The summed E-state index contributed by atoms with van der Waals surface area (Å²) in [5.41, 5.74) is 0.873. The highest BCUT2D eigenvalue weighted by molar-refractivity contribution is 6.01. The van der Waals surface area contributed by atoms with Crippen molar-refractivity contribution < 1.29 is 13.6 Å². The van der Waals surface area contributed by atoms with Gasteiger partial charge in [0.1, 0.15) is 11.5 Å². The lowest BCUT2D eigenvalue weighted by atomic mass is 9.81. The normalized spacial score (nSPS) is 22.0. The number of ketones is 1. The van der Waals surface area contributed by atoms with Crippen LogP contribution in [-0.4, -0.2) is 5.78 Å². The molecule has 0 spiro atoms. The molecule has 2 aromatic heterocycles. The van der Waals surface area contributed by atoms with E-state index in [0.717, 1.165) is 36.4 Å². The summed E-state index contributed by atoms with van der Waals surface area (Å²) < 4.78 is 10.6. The van der Waals surface area contributed by atoms with Gasteiger partial charge in [0.15, 0.2) is 5.78 Å². The fourth-order valence-corrected chi connectivity index (χ4v) is 2.61. The van der Waals surface area contributed by atoms with Gasteiger partial charge in [-0.15, -0.1) is 0 Å². The Bertz CT molecular complexity index is 561. The topological polar surface area (TPSA) is 43.4 Å². The monoisotopic (exact) mass is 256 g/mol. The zero-order valence-corrected chi connectivity index (χ0v) is 10.7. The molecule has 0 saturated heterocycles. The van der Waals surface area contributed by atoms with Crippen molar-refractivity contribution in [3.05, 3.63) is 53.9 Å². The van der Waals surface area contributed by atoms with E-state index in [1.165, 1.54) is 0 Å². The Labute approximate surface area is 111 Å². The van der Waals surface area contributed by atoms with Crippen LogP contribution in [0.25, 0.3) is 6.08 Å². The van der Waals surface area contributed by atoms with Crippen LogP contribution in [0.3, 0.4) is 0 Å². The van der Waals surface area contributed by atoms with Crippen LogP contribution < -0.4 is 0 Å². The first kappa shape index (κ1) is 12.0. The van der Waals surface area contributed by atoms with Gasteiger partial charge in [-0.05, 0) is 55.2 Å². The lowest BCUT2D eigenvalue weighted by Crippen LogP contribution is -2.23. The van der Waals surface area contributed by atoms with Gasteiger partial charge in [-0.2, -0.15) is 0 Å². The maximum Gasteiger partial charge on any atom is 0.162 e. The van der Waals surface area contributed by atoms with Crippen molar-refractivity contribution in [1.82, 2.24) is 0 Å². The molecule has 0 aliphatic heterocycles. The standard InChI is InChI=1S/C16H16O3/c17-16-12(10-14-6-2-8-18-14)4-1-5-13(16)11-15-7-3-9-19-15/h2-3,6-10,13H,1,4-5,11H2. The molecule has 0 bridgehead atoms. The third kappa shape index (κ3) is 2.70. The Balaban J connectivity index is 1.76. The molecule has 1 atom stereocenters. The molecule has 0 radical (unpaired) electrons. The Morgan fingerprint density at radius 3 is 2.79 bits per heavy atom. The lowest BCUT2D eigenvalue weighted by Gasteiger charge is -2.21. The number of carbonyl (C=O) groups is 1. The third-order valence-corrected chi connectivity index (χ3v) is 3.57.